The van der Waals surface area contributed by atoms with E-state index in [-0.39, 0.29) is 58.4 Å². The van der Waals surface area contributed by atoms with E-state index in [0.29, 0.717) is 19.3 Å². The minimum atomic E-state index is -0.980. The van der Waals surface area contributed by atoms with E-state index in [4.69, 9.17) is 28.4 Å². The molecule has 43 heavy (non-hydrogen) atoms. The van der Waals surface area contributed by atoms with Crippen LogP contribution in [-0.4, -0.2) is 75.5 Å². The summed E-state index contributed by atoms with van der Waals surface area (Å²) in [5.74, 6) is -4.06. The zero-order valence-corrected chi connectivity index (χ0v) is 25.4. The lowest BCUT2D eigenvalue weighted by Gasteiger charge is -2.31. The molecule has 0 aromatic carbocycles. The molecule has 1 unspecified atom stereocenters. The number of carbonyl (C=O) groups is 6. The first-order valence-electron chi connectivity index (χ1n) is 13.8. The van der Waals surface area contributed by atoms with E-state index in [1.807, 2.05) is 0 Å². The highest BCUT2D eigenvalue weighted by Crippen LogP contribution is 2.26. The van der Waals surface area contributed by atoms with Crippen LogP contribution < -0.4 is 0 Å². The quantitative estimate of drug-likeness (QED) is 0.0944. The SMILES string of the molecule is C=CC(=O)OCC(CC)(COC(=O)C=C)COC(=O)CCC(C)CC(=O)OCC(CC)(COC(=O)C=C)COC(=O)C=C. The maximum Gasteiger partial charge on any atom is 0.330 e. The van der Waals surface area contributed by atoms with Crippen LogP contribution in [0.15, 0.2) is 50.6 Å². The monoisotopic (exact) mass is 608 g/mol. The number of esters is 6. The van der Waals surface area contributed by atoms with E-state index in [0.717, 1.165) is 24.3 Å². The molecule has 0 aliphatic rings. The number of hydrogen-bond donors (Lipinski definition) is 0. The molecular formula is C31H44O12. The highest BCUT2D eigenvalue weighted by atomic mass is 16.6. The van der Waals surface area contributed by atoms with E-state index in [1.54, 1.807) is 20.8 Å². The molecule has 0 aliphatic carbocycles. The lowest BCUT2D eigenvalue weighted by Crippen LogP contribution is -2.39. The van der Waals surface area contributed by atoms with Crippen molar-refractivity contribution in [3.8, 4) is 0 Å². The van der Waals surface area contributed by atoms with Gasteiger partial charge in [-0.3, -0.25) is 9.59 Å². The van der Waals surface area contributed by atoms with Crippen LogP contribution in [0.25, 0.3) is 0 Å². The van der Waals surface area contributed by atoms with Gasteiger partial charge in [0.15, 0.2) is 0 Å². The molecule has 0 amide bonds. The fourth-order valence-corrected chi connectivity index (χ4v) is 3.34. The first-order chi connectivity index (χ1) is 20.3. The maximum absolute atomic E-state index is 12.6. The summed E-state index contributed by atoms with van der Waals surface area (Å²) in [7, 11) is 0. The van der Waals surface area contributed by atoms with Crippen LogP contribution in [0.5, 0.6) is 0 Å². The van der Waals surface area contributed by atoms with Gasteiger partial charge in [-0.25, -0.2) is 19.2 Å². The Morgan fingerprint density at radius 3 is 1.16 bits per heavy atom. The summed E-state index contributed by atoms with van der Waals surface area (Å²) in [4.78, 5) is 71.4. The van der Waals surface area contributed by atoms with Crippen molar-refractivity contribution in [2.45, 2.75) is 52.9 Å². The number of carbonyl (C=O) groups excluding carboxylic acids is 6. The molecule has 12 heteroatoms. The smallest absolute Gasteiger partial charge is 0.330 e. The van der Waals surface area contributed by atoms with Crippen molar-refractivity contribution in [1.29, 1.82) is 0 Å². The molecular weight excluding hydrogens is 564 g/mol. The Morgan fingerprint density at radius 1 is 0.558 bits per heavy atom. The van der Waals surface area contributed by atoms with Gasteiger partial charge in [-0.2, -0.15) is 0 Å². The Kier molecular flexibility index (Phi) is 18.6. The topological polar surface area (TPSA) is 158 Å². The normalized spacial score (nSPS) is 11.6. The van der Waals surface area contributed by atoms with Crippen molar-refractivity contribution < 1.29 is 57.2 Å². The summed E-state index contributed by atoms with van der Waals surface area (Å²) in [5, 5.41) is 0. The largest absolute Gasteiger partial charge is 0.465 e. The molecule has 0 heterocycles. The van der Waals surface area contributed by atoms with Crippen LogP contribution >= 0.6 is 0 Å². The molecule has 0 rings (SSSR count). The Bertz CT molecular complexity index is 964. The summed E-state index contributed by atoms with van der Waals surface area (Å²) in [5.41, 5.74) is -1.96. The van der Waals surface area contributed by atoms with Crippen molar-refractivity contribution in [1.82, 2.24) is 0 Å². The van der Waals surface area contributed by atoms with Crippen molar-refractivity contribution in [3.63, 3.8) is 0 Å². The first kappa shape index (κ1) is 38.8. The highest BCUT2D eigenvalue weighted by molar-refractivity contribution is 5.82. The van der Waals surface area contributed by atoms with Crippen molar-refractivity contribution in [2.24, 2.45) is 16.7 Å². The Hall–Kier alpha value is -4.22. The summed E-state index contributed by atoms with van der Waals surface area (Å²) in [6, 6.07) is 0. The van der Waals surface area contributed by atoms with Crippen LogP contribution in [0.2, 0.25) is 0 Å². The Morgan fingerprint density at radius 2 is 0.860 bits per heavy atom. The molecule has 0 saturated carbocycles. The molecule has 240 valence electrons. The van der Waals surface area contributed by atoms with Gasteiger partial charge in [-0.05, 0) is 25.2 Å². The predicted molar refractivity (Wildman–Crippen MR) is 155 cm³/mol. The second kappa shape index (κ2) is 20.6. The first-order valence-corrected chi connectivity index (χ1v) is 13.8. The minimum Gasteiger partial charge on any atom is -0.465 e. The molecule has 0 aromatic heterocycles. The van der Waals surface area contributed by atoms with Crippen molar-refractivity contribution >= 4 is 35.8 Å². The Balaban J connectivity index is 5.04. The molecule has 0 bridgehead atoms. The van der Waals surface area contributed by atoms with Gasteiger partial charge in [-0.1, -0.05) is 47.1 Å². The van der Waals surface area contributed by atoms with Gasteiger partial charge >= 0.3 is 35.8 Å². The maximum atomic E-state index is 12.6. The van der Waals surface area contributed by atoms with Crippen LogP contribution in [-0.2, 0) is 57.2 Å². The van der Waals surface area contributed by atoms with Crippen molar-refractivity contribution in [3.05, 3.63) is 50.6 Å². The zero-order chi connectivity index (χ0) is 32.9. The van der Waals surface area contributed by atoms with Gasteiger partial charge in [0.05, 0.1) is 10.8 Å². The van der Waals surface area contributed by atoms with E-state index < -0.39 is 46.6 Å². The second-order valence-corrected chi connectivity index (χ2v) is 10.1. The van der Waals surface area contributed by atoms with E-state index >= 15 is 0 Å². The average Bonchev–Trinajstić information content (AvgIpc) is 3.02. The molecule has 0 saturated heterocycles. The summed E-state index contributed by atoms with van der Waals surface area (Å²) >= 11 is 0. The summed E-state index contributed by atoms with van der Waals surface area (Å²) in [6.45, 7) is 17.6. The lowest BCUT2D eigenvalue weighted by molar-refractivity contribution is -0.162. The van der Waals surface area contributed by atoms with Crippen LogP contribution in [0, 0.1) is 16.7 Å². The van der Waals surface area contributed by atoms with Gasteiger partial charge in [0.2, 0.25) is 0 Å². The third-order valence-electron chi connectivity index (χ3n) is 6.68. The Labute approximate surface area is 253 Å². The average molecular weight is 609 g/mol. The molecule has 0 fully saturated rings. The molecule has 0 spiro atoms. The van der Waals surface area contributed by atoms with Crippen molar-refractivity contribution in [2.75, 3.05) is 39.6 Å². The molecule has 12 nitrogen and oxygen atoms in total. The van der Waals surface area contributed by atoms with Crippen LogP contribution in [0.3, 0.4) is 0 Å². The van der Waals surface area contributed by atoms with E-state index in [2.05, 4.69) is 26.3 Å². The fraction of sp³-hybridized carbons (Fsp3) is 0.548. The van der Waals surface area contributed by atoms with Gasteiger partial charge in [-0.15, -0.1) is 0 Å². The van der Waals surface area contributed by atoms with Gasteiger partial charge in [0, 0.05) is 37.1 Å². The van der Waals surface area contributed by atoms with Gasteiger partial charge < -0.3 is 28.4 Å². The predicted octanol–water partition coefficient (Wildman–Crippen LogP) is 3.59. The van der Waals surface area contributed by atoms with E-state index in [9.17, 15) is 28.8 Å². The third kappa shape index (κ3) is 16.1. The number of rotatable bonds is 23. The molecule has 0 N–H and O–H groups in total. The van der Waals surface area contributed by atoms with Gasteiger partial charge in [0.1, 0.15) is 39.6 Å². The minimum absolute atomic E-state index is 0.0129. The molecule has 0 radical (unpaired) electrons. The fourth-order valence-electron chi connectivity index (χ4n) is 3.34. The summed E-state index contributed by atoms with van der Waals surface area (Å²) < 4.78 is 31.4. The number of ether oxygens (including phenoxy) is 6. The van der Waals surface area contributed by atoms with Crippen LogP contribution in [0.1, 0.15) is 52.9 Å². The molecule has 0 aromatic rings. The third-order valence-corrected chi connectivity index (χ3v) is 6.68. The zero-order valence-electron chi connectivity index (χ0n) is 25.4. The number of hydrogen-bond acceptors (Lipinski definition) is 12. The van der Waals surface area contributed by atoms with Crippen LogP contribution in [0.4, 0.5) is 0 Å². The standard InChI is InChI=1S/C31H44O12/c1-8-24(32)38-17-30(12-5,18-39-25(33)9-2)21-42-28(36)15-14-23(7)16-29(37)43-22-31(13-6,19-40-26(34)10-3)20-41-27(35)11-4/h8-11,23H,1-4,12-22H2,5-7H3. The molecule has 0 aliphatic heterocycles. The highest BCUT2D eigenvalue weighted by Gasteiger charge is 2.35. The lowest BCUT2D eigenvalue weighted by atomic mass is 9.88. The van der Waals surface area contributed by atoms with Gasteiger partial charge in [0.25, 0.3) is 0 Å². The summed E-state index contributed by atoms with van der Waals surface area (Å²) in [6.07, 6.45) is 4.96. The second-order valence-electron chi connectivity index (χ2n) is 10.1. The van der Waals surface area contributed by atoms with E-state index in [1.165, 1.54) is 0 Å². The molecule has 1 atom stereocenters.